The third kappa shape index (κ3) is 4.60. The minimum absolute atomic E-state index is 0.00564. The molecule has 0 aliphatic carbocycles. The third-order valence-electron chi connectivity index (χ3n) is 2.75. The van der Waals surface area contributed by atoms with Gasteiger partial charge in [-0.1, -0.05) is 34.1 Å². The van der Waals surface area contributed by atoms with Crippen molar-refractivity contribution >= 4 is 16.7 Å². The Morgan fingerprint density at radius 1 is 1.41 bits per heavy atom. The van der Waals surface area contributed by atoms with Crippen molar-refractivity contribution in [3.8, 4) is 0 Å². The molecule has 1 atom stereocenters. The molecule has 98 valence electrons. The molecule has 0 fully saturated rings. The van der Waals surface area contributed by atoms with Crippen molar-refractivity contribution in [2.45, 2.75) is 46.0 Å². The number of anilines is 1. The van der Waals surface area contributed by atoms with E-state index in [1.807, 2.05) is 0 Å². The van der Waals surface area contributed by atoms with Gasteiger partial charge in [-0.2, -0.15) is 4.37 Å². The van der Waals surface area contributed by atoms with Crippen LogP contribution in [-0.2, 0) is 5.41 Å². The standard InChI is InChI=1S/C12H23N3OS/c1-5-9(6-7-16)8-13-11-14-10(15-17-11)12(2,3)4/h9,16H,5-8H2,1-4H3,(H,13,14,15). The number of nitrogens with zero attached hydrogens (tertiary/aromatic N) is 2. The van der Waals surface area contributed by atoms with Gasteiger partial charge in [-0.25, -0.2) is 4.98 Å². The van der Waals surface area contributed by atoms with Crippen LogP contribution in [0.5, 0.6) is 0 Å². The smallest absolute Gasteiger partial charge is 0.202 e. The summed E-state index contributed by atoms with van der Waals surface area (Å²) in [6.07, 6.45) is 1.91. The largest absolute Gasteiger partial charge is 0.396 e. The average molecular weight is 257 g/mol. The molecule has 1 heterocycles. The van der Waals surface area contributed by atoms with E-state index >= 15 is 0 Å². The van der Waals surface area contributed by atoms with Gasteiger partial charge in [0.05, 0.1) is 0 Å². The average Bonchev–Trinajstić information content (AvgIpc) is 2.72. The van der Waals surface area contributed by atoms with Crippen molar-refractivity contribution in [1.82, 2.24) is 9.36 Å². The molecule has 4 nitrogen and oxygen atoms in total. The number of aliphatic hydroxyl groups excluding tert-OH is 1. The molecule has 0 amide bonds. The highest BCUT2D eigenvalue weighted by Crippen LogP contribution is 2.23. The van der Waals surface area contributed by atoms with Gasteiger partial charge >= 0.3 is 0 Å². The lowest BCUT2D eigenvalue weighted by Gasteiger charge is -2.14. The van der Waals surface area contributed by atoms with Gasteiger partial charge in [-0.3, -0.25) is 0 Å². The first-order chi connectivity index (χ1) is 7.97. The van der Waals surface area contributed by atoms with Crippen molar-refractivity contribution in [1.29, 1.82) is 0 Å². The highest BCUT2D eigenvalue weighted by molar-refractivity contribution is 7.09. The normalized spacial score (nSPS) is 13.7. The zero-order valence-electron chi connectivity index (χ0n) is 11.2. The topological polar surface area (TPSA) is 58.0 Å². The Hall–Kier alpha value is -0.680. The fourth-order valence-electron chi connectivity index (χ4n) is 1.46. The van der Waals surface area contributed by atoms with Gasteiger partial charge in [-0.05, 0) is 12.3 Å². The molecule has 0 saturated carbocycles. The summed E-state index contributed by atoms with van der Waals surface area (Å²) >= 11 is 1.41. The summed E-state index contributed by atoms with van der Waals surface area (Å²) in [5, 5.41) is 13.1. The molecule has 1 aromatic rings. The van der Waals surface area contributed by atoms with Gasteiger partial charge in [0.2, 0.25) is 5.13 Å². The van der Waals surface area contributed by atoms with Gasteiger partial charge in [0.1, 0.15) is 5.82 Å². The van der Waals surface area contributed by atoms with Crippen molar-refractivity contribution in [3.05, 3.63) is 5.82 Å². The van der Waals surface area contributed by atoms with Crippen LogP contribution in [0.1, 0.15) is 46.4 Å². The molecule has 17 heavy (non-hydrogen) atoms. The van der Waals surface area contributed by atoms with Gasteiger partial charge < -0.3 is 10.4 Å². The van der Waals surface area contributed by atoms with Crippen LogP contribution in [0, 0.1) is 5.92 Å². The van der Waals surface area contributed by atoms with E-state index in [0.29, 0.717) is 5.92 Å². The summed E-state index contributed by atoms with van der Waals surface area (Å²) in [4.78, 5) is 4.48. The zero-order valence-corrected chi connectivity index (χ0v) is 12.0. The van der Waals surface area contributed by atoms with E-state index in [4.69, 9.17) is 5.11 Å². The molecule has 0 bridgehead atoms. The molecule has 0 saturated heterocycles. The molecular formula is C12H23N3OS. The molecule has 0 radical (unpaired) electrons. The van der Waals surface area contributed by atoms with Crippen molar-refractivity contribution < 1.29 is 5.11 Å². The first-order valence-corrected chi connectivity index (χ1v) is 6.93. The predicted octanol–water partition coefficient (Wildman–Crippen LogP) is 2.66. The Morgan fingerprint density at radius 3 is 2.59 bits per heavy atom. The van der Waals surface area contributed by atoms with E-state index in [-0.39, 0.29) is 12.0 Å². The first kappa shape index (κ1) is 14.4. The molecule has 0 aliphatic heterocycles. The second-order valence-corrected chi connectivity index (χ2v) is 6.09. The summed E-state index contributed by atoms with van der Waals surface area (Å²) < 4.78 is 4.36. The van der Waals surface area contributed by atoms with E-state index in [1.165, 1.54) is 11.5 Å². The number of nitrogens with one attached hydrogen (secondary N) is 1. The van der Waals surface area contributed by atoms with Crippen LogP contribution in [0.3, 0.4) is 0 Å². The predicted molar refractivity (Wildman–Crippen MR) is 72.6 cm³/mol. The minimum atomic E-state index is 0.00564. The fraction of sp³-hybridized carbons (Fsp3) is 0.833. The van der Waals surface area contributed by atoms with Crippen molar-refractivity contribution in [2.24, 2.45) is 5.92 Å². The van der Waals surface area contributed by atoms with Gasteiger partial charge in [0, 0.05) is 30.1 Å². The molecule has 2 N–H and O–H groups in total. The lowest BCUT2D eigenvalue weighted by molar-refractivity contribution is 0.258. The zero-order chi connectivity index (χ0) is 12.9. The highest BCUT2D eigenvalue weighted by atomic mass is 32.1. The minimum Gasteiger partial charge on any atom is -0.396 e. The summed E-state index contributed by atoms with van der Waals surface area (Å²) in [6.45, 7) is 9.58. The quantitative estimate of drug-likeness (QED) is 0.822. The number of aliphatic hydroxyl groups is 1. The number of hydrogen-bond donors (Lipinski definition) is 2. The SMILES string of the molecule is CCC(CCO)CNc1nc(C(C)(C)C)ns1. The molecular weight excluding hydrogens is 234 g/mol. The van der Waals surface area contributed by atoms with Gasteiger partial charge in [0.25, 0.3) is 0 Å². The molecule has 1 aromatic heterocycles. The van der Waals surface area contributed by atoms with Crippen LogP contribution in [-0.4, -0.2) is 27.6 Å². The number of hydrogen-bond acceptors (Lipinski definition) is 5. The summed E-state index contributed by atoms with van der Waals surface area (Å²) in [6, 6.07) is 0. The second-order valence-electron chi connectivity index (χ2n) is 5.34. The Kier molecular flexibility index (Phi) is 5.33. The Balaban J connectivity index is 2.49. The van der Waals surface area contributed by atoms with E-state index in [9.17, 15) is 0 Å². The van der Waals surface area contributed by atoms with Gasteiger partial charge in [0.15, 0.2) is 0 Å². The van der Waals surface area contributed by atoms with Crippen LogP contribution >= 0.6 is 11.5 Å². The maximum absolute atomic E-state index is 8.92. The Labute approximate surface area is 108 Å². The van der Waals surface area contributed by atoms with Crippen molar-refractivity contribution in [3.63, 3.8) is 0 Å². The van der Waals surface area contributed by atoms with Crippen LogP contribution in [0.15, 0.2) is 0 Å². The monoisotopic (exact) mass is 257 g/mol. The van der Waals surface area contributed by atoms with E-state index < -0.39 is 0 Å². The van der Waals surface area contributed by atoms with Crippen LogP contribution < -0.4 is 5.32 Å². The summed E-state index contributed by atoms with van der Waals surface area (Å²) in [7, 11) is 0. The molecule has 0 aliphatic rings. The lowest BCUT2D eigenvalue weighted by Crippen LogP contribution is -2.16. The molecule has 1 rings (SSSR count). The van der Waals surface area contributed by atoms with Gasteiger partial charge in [-0.15, -0.1) is 0 Å². The molecule has 5 heteroatoms. The first-order valence-electron chi connectivity index (χ1n) is 6.16. The van der Waals surface area contributed by atoms with Crippen molar-refractivity contribution in [2.75, 3.05) is 18.5 Å². The lowest BCUT2D eigenvalue weighted by atomic mass is 9.96. The molecule has 1 unspecified atom stereocenters. The Bertz CT molecular complexity index is 333. The Morgan fingerprint density at radius 2 is 2.12 bits per heavy atom. The van der Waals surface area contributed by atoms with Crippen LogP contribution in [0.4, 0.5) is 5.13 Å². The fourth-order valence-corrected chi connectivity index (χ4v) is 2.23. The van der Waals surface area contributed by atoms with Crippen LogP contribution in [0.2, 0.25) is 0 Å². The van der Waals surface area contributed by atoms with E-state index in [0.717, 1.165) is 30.3 Å². The molecule has 0 spiro atoms. The third-order valence-corrected chi connectivity index (χ3v) is 3.43. The maximum atomic E-state index is 8.92. The molecule has 0 aromatic carbocycles. The maximum Gasteiger partial charge on any atom is 0.202 e. The van der Waals surface area contributed by atoms with E-state index in [1.54, 1.807) is 0 Å². The number of aromatic nitrogens is 2. The highest BCUT2D eigenvalue weighted by Gasteiger charge is 2.19. The summed E-state index contributed by atoms with van der Waals surface area (Å²) in [5.74, 6) is 1.39. The summed E-state index contributed by atoms with van der Waals surface area (Å²) in [5.41, 5.74) is 0.00564. The van der Waals surface area contributed by atoms with E-state index in [2.05, 4.69) is 42.4 Å². The van der Waals surface area contributed by atoms with Crippen LogP contribution in [0.25, 0.3) is 0 Å². The number of rotatable bonds is 6. The second kappa shape index (κ2) is 6.31.